The largest absolute Gasteiger partial charge is 0.496 e. The van der Waals surface area contributed by atoms with Crippen molar-refractivity contribution in [3.8, 4) is 5.75 Å². The predicted molar refractivity (Wildman–Crippen MR) is 63.1 cm³/mol. The Labute approximate surface area is 97.5 Å². The first-order chi connectivity index (χ1) is 6.69. The number of halogens is 2. The van der Waals surface area contributed by atoms with Gasteiger partial charge in [-0.25, -0.2) is 0 Å². The highest BCUT2D eigenvalue weighted by Crippen LogP contribution is 2.32. The summed E-state index contributed by atoms with van der Waals surface area (Å²) in [5.41, 5.74) is 6.59. The van der Waals surface area contributed by atoms with Crippen LogP contribution >= 0.6 is 27.5 Å². The van der Waals surface area contributed by atoms with E-state index >= 15 is 0 Å². The van der Waals surface area contributed by atoms with Crippen molar-refractivity contribution < 1.29 is 4.74 Å². The van der Waals surface area contributed by atoms with Crippen LogP contribution in [0.15, 0.2) is 16.6 Å². The molecular weight excluding hydrogens is 265 g/mol. The summed E-state index contributed by atoms with van der Waals surface area (Å²) >= 11 is 9.43. The van der Waals surface area contributed by atoms with Crippen molar-refractivity contribution in [2.45, 2.75) is 12.8 Å². The third-order valence-corrected chi connectivity index (χ3v) is 3.07. The van der Waals surface area contributed by atoms with Crippen molar-refractivity contribution in [3.63, 3.8) is 0 Å². The van der Waals surface area contributed by atoms with Gasteiger partial charge in [0.15, 0.2) is 0 Å². The zero-order valence-electron chi connectivity index (χ0n) is 8.02. The second-order valence-electron chi connectivity index (χ2n) is 2.97. The smallest absolute Gasteiger partial charge is 0.134 e. The molecule has 0 amide bonds. The number of rotatable bonds is 4. The molecule has 2 nitrogen and oxygen atoms in total. The molecule has 0 saturated heterocycles. The first kappa shape index (κ1) is 11.8. The van der Waals surface area contributed by atoms with Crippen LogP contribution in [0.3, 0.4) is 0 Å². The summed E-state index contributed by atoms with van der Waals surface area (Å²) in [6.45, 7) is 0.682. The number of methoxy groups -OCH3 is 1. The van der Waals surface area contributed by atoms with Gasteiger partial charge in [0, 0.05) is 5.02 Å². The molecule has 0 saturated carbocycles. The lowest BCUT2D eigenvalue weighted by Crippen LogP contribution is -2.01. The van der Waals surface area contributed by atoms with Gasteiger partial charge in [0.1, 0.15) is 5.75 Å². The monoisotopic (exact) mass is 277 g/mol. The zero-order chi connectivity index (χ0) is 10.6. The van der Waals surface area contributed by atoms with E-state index < -0.39 is 0 Å². The van der Waals surface area contributed by atoms with Gasteiger partial charge < -0.3 is 10.5 Å². The molecular formula is C10H13BrClNO. The Bertz CT molecular complexity index is 317. The number of nitrogens with two attached hydrogens (primary N) is 1. The standard InChI is InChI=1S/C10H13BrClNO/c1-14-9-6-8(12)5-7(10(9)11)3-2-4-13/h5-6H,2-4,13H2,1H3. The first-order valence-corrected chi connectivity index (χ1v) is 5.58. The number of hydrogen-bond donors (Lipinski definition) is 1. The van der Waals surface area contributed by atoms with Crippen LogP contribution in [0.25, 0.3) is 0 Å². The zero-order valence-corrected chi connectivity index (χ0v) is 10.4. The molecule has 78 valence electrons. The highest BCUT2D eigenvalue weighted by Gasteiger charge is 2.07. The van der Waals surface area contributed by atoms with Crippen LogP contribution in [0.2, 0.25) is 5.02 Å². The average Bonchev–Trinajstić information content (AvgIpc) is 2.18. The highest BCUT2D eigenvalue weighted by atomic mass is 79.9. The summed E-state index contributed by atoms with van der Waals surface area (Å²) < 4.78 is 6.15. The fourth-order valence-electron chi connectivity index (χ4n) is 1.24. The molecule has 1 rings (SSSR count). The summed E-state index contributed by atoms with van der Waals surface area (Å²) in [6.07, 6.45) is 1.86. The van der Waals surface area contributed by atoms with Crippen LogP contribution in [-0.2, 0) is 6.42 Å². The Morgan fingerprint density at radius 1 is 1.50 bits per heavy atom. The maximum absolute atomic E-state index is 5.95. The first-order valence-electron chi connectivity index (χ1n) is 4.41. The second-order valence-corrected chi connectivity index (χ2v) is 4.20. The fourth-order valence-corrected chi connectivity index (χ4v) is 2.06. The van der Waals surface area contributed by atoms with E-state index in [1.54, 1.807) is 13.2 Å². The Balaban J connectivity index is 2.96. The van der Waals surface area contributed by atoms with Crippen molar-refractivity contribution in [2.24, 2.45) is 5.73 Å². The van der Waals surface area contributed by atoms with Crippen LogP contribution in [0.4, 0.5) is 0 Å². The Hall–Kier alpha value is -0.250. The minimum Gasteiger partial charge on any atom is -0.496 e. The average molecular weight is 279 g/mol. The van der Waals surface area contributed by atoms with E-state index in [1.165, 1.54) is 0 Å². The molecule has 2 N–H and O–H groups in total. The molecule has 0 fully saturated rings. The van der Waals surface area contributed by atoms with Crippen molar-refractivity contribution >= 4 is 27.5 Å². The molecule has 1 aromatic carbocycles. The number of aryl methyl sites for hydroxylation is 1. The minimum absolute atomic E-state index is 0.682. The summed E-state index contributed by atoms with van der Waals surface area (Å²) in [4.78, 5) is 0. The normalized spacial score (nSPS) is 10.3. The van der Waals surface area contributed by atoms with E-state index in [1.807, 2.05) is 6.07 Å². The van der Waals surface area contributed by atoms with Crippen LogP contribution in [-0.4, -0.2) is 13.7 Å². The van der Waals surface area contributed by atoms with Crippen molar-refractivity contribution in [1.29, 1.82) is 0 Å². The van der Waals surface area contributed by atoms with Crippen LogP contribution in [0.1, 0.15) is 12.0 Å². The molecule has 0 bridgehead atoms. The van der Waals surface area contributed by atoms with Gasteiger partial charge >= 0.3 is 0 Å². The maximum Gasteiger partial charge on any atom is 0.134 e. The highest BCUT2D eigenvalue weighted by molar-refractivity contribution is 9.10. The van der Waals surface area contributed by atoms with Crippen molar-refractivity contribution in [1.82, 2.24) is 0 Å². The minimum atomic E-state index is 0.682. The van der Waals surface area contributed by atoms with E-state index in [4.69, 9.17) is 22.1 Å². The molecule has 0 radical (unpaired) electrons. The van der Waals surface area contributed by atoms with E-state index in [-0.39, 0.29) is 0 Å². The van der Waals surface area contributed by atoms with Gasteiger partial charge in [0.2, 0.25) is 0 Å². The fraction of sp³-hybridized carbons (Fsp3) is 0.400. The third-order valence-electron chi connectivity index (χ3n) is 1.95. The molecule has 0 spiro atoms. The second kappa shape index (κ2) is 5.59. The summed E-state index contributed by atoms with van der Waals surface area (Å²) in [5, 5.41) is 0.692. The number of ether oxygens (including phenoxy) is 1. The Kier molecular flexibility index (Phi) is 4.72. The molecule has 0 heterocycles. The molecule has 14 heavy (non-hydrogen) atoms. The van der Waals surface area contributed by atoms with Crippen molar-refractivity contribution in [3.05, 3.63) is 27.2 Å². The number of benzene rings is 1. The lowest BCUT2D eigenvalue weighted by atomic mass is 10.1. The Morgan fingerprint density at radius 3 is 2.79 bits per heavy atom. The van der Waals surface area contributed by atoms with Gasteiger partial charge in [0.05, 0.1) is 11.6 Å². The number of hydrogen-bond acceptors (Lipinski definition) is 2. The molecule has 0 aliphatic rings. The van der Waals surface area contributed by atoms with Crippen LogP contribution in [0.5, 0.6) is 5.75 Å². The summed E-state index contributed by atoms with van der Waals surface area (Å²) in [6, 6.07) is 3.72. The van der Waals surface area contributed by atoms with Gasteiger partial charge in [-0.1, -0.05) is 11.6 Å². The van der Waals surface area contributed by atoms with Crippen LogP contribution in [0, 0.1) is 0 Å². The summed E-state index contributed by atoms with van der Waals surface area (Å²) in [5.74, 6) is 0.768. The lowest BCUT2D eigenvalue weighted by molar-refractivity contribution is 0.411. The van der Waals surface area contributed by atoms with Gasteiger partial charge in [-0.05, 0) is 53.0 Å². The topological polar surface area (TPSA) is 35.2 Å². The van der Waals surface area contributed by atoms with E-state index in [0.717, 1.165) is 28.6 Å². The van der Waals surface area contributed by atoms with E-state index in [9.17, 15) is 0 Å². The molecule has 4 heteroatoms. The van der Waals surface area contributed by atoms with Crippen molar-refractivity contribution in [2.75, 3.05) is 13.7 Å². The SMILES string of the molecule is COc1cc(Cl)cc(CCCN)c1Br. The lowest BCUT2D eigenvalue weighted by Gasteiger charge is -2.09. The molecule has 0 unspecified atom stereocenters. The molecule has 0 aliphatic heterocycles. The molecule has 1 aromatic rings. The predicted octanol–water partition coefficient (Wildman–Crippen LogP) is 3.00. The molecule has 0 aliphatic carbocycles. The van der Waals surface area contributed by atoms with Gasteiger partial charge in [0.25, 0.3) is 0 Å². The molecule has 0 aromatic heterocycles. The summed E-state index contributed by atoms with van der Waals surface area (Å²) in [7, 11) is 1.63. The molecule has 0 atom stereocenters. The van der Waals surface area contributed by atoms with E-state index in [2.05, 4.69) is 15.9 Å². The third kappa shape index (κ3) is 2.87. The van der Waals surface area contributed by atoms with Gasteiger partial charge in [-0.3, -0.25) is 0 Å². The quantitative estimate of drug-likeness (QED) is 0.919. The van der Waals surface area contributed by atoms with Gasteiger partial charge in [-0.2, -0.15) is 0 Å². The maximum atomic E-state index is 5.95. The van der Waals surface area contributed by atoms with Gasteiger partial charge in [-0.15, -0.1) is 0 Å². The van der Waals surface area contributed by atoms with E-state index in [0.29, 0.717) is 11.6 Å². The Morgan fingerprint density at radius 2 is 2.21 bits per heavy atom. The van der Waals surface area contributed by atoms with Crippen LogP contribution < -0.4 is 10.5 Å².